The Morgan fingerprint density at radius 3 is 2.64 bits per heavy atom. The molecule has 0 aliphatic rings. The fraction of sp³-hybridized carbons (Fsp3) is 0.250. The Balaban J connectivity index is 3.15. The highest BCUT2D eigenvalue weighted by molar-refractivity contribution is 5.74. The molecule has 0 N–H and O–H groups in total. The van der Waals surface area contributed by atoms with Crippen LogP contribution in [0.2, 0.25) is 0 Å². The van der Waals surface area contributed by atoms with Crippen LogP contribution in [-0.2, 0) is 18.0 Å². The van der Waals surface area contributed by atoms with Crippen molar-refractivity contribution in [2.45, 2.75) is 6.18 Å². The van der Waals surface area contributed by atoms with Crippen molar-refractivity contribution >= 4 is 12.4 Å². The Hall–Kier alpha value is -1.59. The highest BCUT2D eigenvalue weighted by Gasteiger charge is 2.36. The lowest BCUT2D eigenvalue weighted by molar-refractivity contribution is -0.141. The maximum Gasteiger partial charge on any atom is 0.435 e. The second kappa shape index (κ2) is 3.65. The van der Waals surface area contributed by atoms with E-state index in [-0.39, 0.29) is 5.56 Å². The highest BCUT2D eigenvalue weighted by atomic mass is 19.4. The zero-order valence-electron chi connectivity index (χ0n) is 7.25. The molecule has 0 unspecified atom stereocenters. The SMILES string of the molecule is Cn1cc(/C=C/C=O)c(C(F)(F)F)n1. The van der Waals surface area contributed by atoms with Crippen molar-refractivity contribution in [2.24, 2.45) is 7.05 Å². The number of nitrogens with zero attached hydrogens (tertiary/aromatic N) is 2. The Labute approximate surface area is 77.8 Å². The summed E-state index contributed by atoms with van der Waals surface area (Å²) in [5, 5.41) is 3.26. The molecule has 0 bridgehead atoms. The summed E-state index contributed by atoms with van der Waals surface area (Å²) in [6.45, 7) is 0. The van der Waals surface area contributed by atoms with Gasteiger partial charge in [0.2, 0.25) is 0 Å². The molecule has 1 rings (SSSR count). The number of hydrogen-bond acceptors (Lipinski definition) is 2. The Bertz CT molecular complexity index is 365. The number of halogens is 3. The van der Waals surface area contributed by atoms with E-state index in [1.165, 1.54) is 13.2 Å². The summed E-state index contributed by atoms with van der Waals surface area (Å²) in [4.78, 5) is 9.95. The van der Waals surface area contributed by atoms with Crippen LogP contribution < -0.4 is 0 Å². The zero-order chi connectivity index (χ0) is 10.8. The molecule has 1 aromatic rings. The fourth-order valence-corrected chi connectivity index (χ4v) is 0.992. The van der Waals surface area contributed by atoms with Gasteiger partial charge in [-0.1, -0.05) is 0 Å². The smallest absolute Gasteiger partial charge is 0.299 e. The quantitative estimate of drug-likeness (QED) is 0.542. The average Bonchev–Trinajstić information content (AvgIpc) is 2.42. The minimum absolute atomic E-state index is 0.118. The van der Waals surface area contributed by atoms with Gasteiger partial charge in [-0.25, -0.2) is 0 Å². The van der Waals surface area contributed by atoms with E-state index in [9.17, 15) is 18.0 Å². The van der Waals surface area contributed by atoms with E-state index in [1.54, 1.807) is 0 Å². The number of allylic oxidation sites excluding steroid dienone is 1. The lowest BCUT2D eigenvalue weighted by atomic mass is 10.2. The van der Waals surface area contributed by atoms with Gasteiger partial charge >= 0.3 is 6.18 Å². The summed E-state index contributed by atoms with van der Waals surface area (Å²) in [5.41, 5.74) is -1.11. The first-order chi connectivity index (χ1) is 6.45. The van der Waals surface area contributed by atoms with Gasteiger partial charge < -0.3 is 0 Å². The monoisotopic (exact) mass is 204 g/mol. The van der Waals surface area contributed by atoms with Crippen LogP contribution in [0.3, 0.4) is 0 Å². The van der Waals surface area contributed by atoms with Crippen LogP contribution in [0.4, 0.5) is 13.2 Å². The molecule has 0 saturated carbocycles. The highest BCUT2D eigenvalue weighted by Crippen LogP contribution is 2.30. The molecule has 1 heterocycles. The van der Waals surface area contributed by atoms with E-state index in [4.69, 9.17) is 0 Å². The lowest BCUT2D eigenvalue weighted by Gasteiger charge is -2.02. The third-order valence-electron chi connectivity index (χ3n) is 1.48. The minimum Gasteiger partial charge on any atom is -0.299 e. The fourth-order valence-electron chi connectivity index (χ4n) is 0.992. The maximum absolute atomic E-state index is 12.3. The van der Waals surface area contributed by atoms with Gasteiger partial charge in [0.05, 0.1) is 0 Å². The van der Waals surface area contributed by atoms with Gasteiger partial charge in [-0.05, 0) is 12.2 Å². The van der Waals surface area contributed by atoms with E-state index in [2.05, 4.69) is 5.10 Å². The van der Waals surface area contributed by atoms with Gasteiger partial charge in [-0.3, -0.25) is 9.48 Å². The summed E-state index contributed by atoms with van der Waals surface area (Å²) >= 11 is 0. The third-order valence-corrected chi connectivity index (χ3v) is 1.48. The molecule has 0 radical (unpaired) electrons. The molecular formula is C8H7F3N2O. The minimum atomic E-state index is -4.50. The van der Waals surface area contributed by atoms with Crippen LogP contribution in [0.1, 0.15) is 11.3 Å². The Morgan fingerprint density at radius 1 is 1.50 bits per heavy atom. The van der Waals surface area contributed by atoms with Crippen molar-refractivity contribution in [3.8, 4) is 0 Å². The third kappa shape index (κ3) is 2.21. The molecular weight excluding hydrogens is 197 g/mol. The maximum atomic E-state index is 12.3. The molecule has 14 heavy (non-hydrogen) atoms. The number of alkyl halides is 3. The van der Waals surface area contributed by atoms with Gasteiger partial charge in [0.1, 0.15) is 6.29 Å². The average molecular weight is 204 g/mol. The molecule has 0 amide bonds. The topological polar surface area (TPSA) is 34.9 Å². The molecule has 0 fully saturated rings. The van der Waals surface area contributed by atoms with E-state index >= 15 is 0 Å². The van der Waals surface area contributed by atoms with Crippen molar-refractivity contribution in [1.29, 1.82) is 0 Å². The van der Waals surface area contributed by atoms with Gasteiger partial charge in [0.15, 0.2) is 5.69 Å². The lowest BCUT2D eigenvalue weighted by Crippen LogP contribution is -2.08. The Kier molecular flexibility index (Phi) is 2.73. The van der Waals surface area contributed by atoms with Crippen molar-refractivity contribution in [2.75, 3.05) is 0 Å². The van der Waals surface area contributed by atoms with Gasteiger partial charge in [0.25, 0.3) is 0 Å². The van der Waals surface area contributed by atoms with Gasteiger partial charge in [-0.15, -0.1) is 0 Å². The van der Waals surface area contributed by atoms with Crippen LogP contribution in [-0.4, -0.2) is 16.1 Å². The second-order valence-corrected chi connectivity index (χ2v) is 2.60. The molecule has 0 spiro atoms. The predicted octanol–water partition coefficient (Wildman–Crippen LogP) is 1.65. The molecule has 0 aliphatic carbocycles. The summed E-state index contributed by atoms with van der Waals surface area (Å²) in [7, 11) is 1.38. The predicted molar refractivity (Wildman–Crippen MR) is 43.3 cm³/mol. The standard InChI is InChI=1S/C8H7F3N2O/c1-13-5-6(3-2-4-14)7(12-13)8(9,10)11/h2-5H,1H3/b3-2+. The van der Waals surface area contributed by atoms with Crippen LogP contribution in [0.5, 0.6) is 0 Å². The van der Waals surface area contributed by atoms with Crippen LogP contribution in [0, 0.1) is 0 Å². The van der Waals surface area contributed by atoms with Crippen molar-refractivity contribution < 1.29 is 18.0 Å². The molecule has 76 valence electrons. The molecule has 1 aromatic heterocycles. The summed E-state index contributed by atoms with van der Waals surface area (Å²) < 4.78 is 37.9. The normalized spacial score (nSPS) is 12.3. The van der Waals surface area contributed by atoms with E-state index < -0.39 is 11.9 Å². The van der Waals surface area contributed by atoms with Crippen molar-refractivity contribution in [3.05, 3.63) is 23.5 Å². The number of aryl methyl sites for hydroxylation is 1. The van der Waals surface area contributed by atoms with Gasteiger partial charge in [-0.2, -0.15) is 18.3 Å². The number of carbonyl (C=O) groups excluding carboxylic acids is 1. The zero-order valence-corrected chi connectivity index (χ0v) is 7.25. The number of rotatable bonds is 2. The summed E-state index contributed by atoms with van der Waals surface area (Å²) in [5.74, 6) is 0. The van der Waals surface area contributed by atoms with Crippen LogP contribution in [0.15, 0.2) is 12.3 Å². The van der Waals surface area contributed by atoms with Crippen molar-refractivity contribution in [1.82, 2.24) is 9.78 Å². The molecule has 0 atom stereocenters. The molecule has 0 aromatic carbocycles. The van der Waals surface area contributed by atoms with Crippen LogP contribution >= 0.6 is 0 Å². The van der Waals surface area contributed by atoms with Crippen LogP contribution in [0.25, 0.3) is 6.08 Å². The summed E-state index contributed by atoms with van der Waals surface area (Å²) in [6.07, 6.45) is -0.825. The molecule has 3 nitrogen and oxygen atoms in total. The van der Waals surface area contributed by atoms with Gasteiger partial charge in [0, 0.05) is 18.8 Å². The first-order valence-corrected chi connectivity index (χ1v) is 3.68. The number of aromatic nitrogens is 2. The van der Waals surface area contributed by atoms with E-state index in [0.717, 1.165) is 16.8 Å². The Morgan fingerprint density at radius 2 is 2.14 bits per heavy atom. The first-order valence-electron chi connectivity index (χ1n) is 3.68. The molecule has 0 saturated heterocycles. The van der Waals surface area contributed by atoms with E-state index in [0.29, 0.717) is 6.29 Å². The van der Waals surface area contributed by atoms with E-state index in [1.807, 2.05) is 0 Å². The molecule has 0 aliphatic heterocycles. The summed E-state index contributed by atoms with van der Waals surface area (Å²) in [6, 6.07) is 0. The number of hydrogen-bond donors (Lipinski definition) is 0. The first kappa shape index (κ1) is 10.5. The largest absolute Gasteiger partial charge is 0.435 e. The number of aldehydes is 1. The molecule has 6 heteroatoms. The second-order valence-electron chi connectivity index (χ2n) is 2.60. The number of carbonyl (C=O) groups is 1. The van der Waals surface area contributed by atoms with Crippen molar-refractivity contribution in [3.63, 3.8) is 0 Å².